The van der Waals surface area contributed by atoms with Crippen molar-refractivity contribution in [1.29, 1.82) is 0 Å². The van der Waals surface area contributed by atoms with Crippen LogP contribution in [0.3, 0.4) is 0 Å². The van der Waals surface area contributed by atoms with Crippen LogP contribution in [0.4, 0.5) is 5.69 Å². The Balaban J connectivity index is 1.98. The fourth-order valence-corrected chi connectivity index (χ4v) is 2.54. The highest BCUT2D eigenvalue weighted by Crippen LogP contribution is 2.19. The number of rotatable bonds is 5. The summed E-state index contributed by atoms with van der Waals surface area (Å²) in [6, 6.07) is 7.64. The van der Waals surface area contributed by atoms with E-state index in [0.29, 0.717) is 6.42 Å². The van der Waals surface area contributed by atoms with E-state index in [-0.39, 0.29) is 12.5 Å². The van der Waals surface area contributed by atoms with Gasteiger partial charge in [0.05, 0.1) is 5.54 Å². The van der Waals surface area contributed by atoms with Crippen LogP contribution in [-0.4, -0.2) is 54.2 Å². The van der Waals surface area contributed by atoms with Crippen LogP contribution >= 0.6 is 0 Å². The van der Waals surface area contributed by atoms with Crippen molar-refractivity contribution in [2.24, 2.45) is 0 Å². The van der Waals surface area contributed by atoms with Gasteiger partial charge in [-0.25, -0.2) is 0 Å². The van der Waals surface area contributed by atoms with E-state index in [9.17, 15) is 4.79 Å². The summed E-state index contributed by atoms with van der Waals surface area (Å²) in [5, 5.41) is 15.2. The summed E-state index contributed by atoms with van der Waals surface area (Å²) in [5.74, 6) is 0.0132. The summed E-state index contributed by atoms with van der Waals surface area (Å²) in [6.45, 7) is 7.69. The molecule has 0 spiro atoms. The molecular formula is C16H25N3O2. The number of nitrogens with one attached hydrogen (secondary N) is 2. The Morgan fingerprint density at radius 2 is 1.90 bits per heavy atom. The number of nitrogens with zero attached hydrogens (tertiary/aromatic N) is 1. The van der Waals surface area contributed by atoms with Crippen molar-refractivity contribution in [3.63, 3.8) is 0 Å². The van der Waals surface area contributed by atoms with Crippen LogP contribution in [0, 0.1) is 0 Å². The van der Waals surface area contributed by atoms with Gasteiger partial charge in [0.2, 0.25) is 5.91 Å². The zero-order chi connectivity index (χ0) is 15.3. The van der Waals surface area contributed by atoms with Crippen LogP contribution in [0.25, 0.3) is 0 Å². The smallest absolute Gasteiger partial charge is 0.244 e. The maximum Gasteiger partial charge on any atom is 0.244 e. The topological polar surface area (TPSA) is 64.6 Å². The van der Waals surface area contributed by atoms with Gasteiger partial charge in [-0.1, -0.05) is 12.1 Å². The van der Waals surface area contributed by atoms with Gasteiger partial charge in [-0.15, -0.1) is 0 Å². The highest BCUT2D eigenvalue weighted by atomic mass is 16.3. The Labute approximate surface area is 126 Å². The van der Waals surface area contributed by atoms with Gasteiger partial charge >= 0.3 is 0 Å². The average Bonchev–Trinajstić information content (AvgIpc) is 2.50. The molecule has 0 radical (unpaired) electrons. The van der Waals surface area contributed by atoms with Crippen LogP contribution in [0.15, 0.2) is 24.3 Å². The van der Waals surface area contributed by atoms with Crippen LogP contribution < -0.4 is 10.6 Å². The van der Waals surface area contributed by atoms with Crippen molar-refractivity contribution >= 4 is 11.6 Å². The summed E-state index contributed by atoms with van der Waals surface area (Å²) in [4.78, 5) is 14.7. The van der Waals surface area contributed by atoms with E-state index in [1.807, 2.05) is 38.1 Å². The molecule has 1 heterocycles. The molecule has 1 saturated heterocycles. The molecule has 1 aromatic rings. The Hall–Kier alpha value is -1.43. The monoisotopic (exact) mass is 291 g/mol. The van der Waals surface area contributed by atoms with Gasteiger partial charge in [-0.2, -0.15) is 0 Å². The van der Waals surface area contributed by atoms with E-state index in [1.54, 1.807) is 0 Å². The lowest BCUT2D eigenvalue weighted by Gasteiger charge is -2.39. The number of aliphatic hydroxyl groups excluding tert-OH is 1. The van der Waals surface area contributed by atoms with E-state index in [2.05, 4.69) is 15.5 Å². The van der Waals surface area contributed by atoms with Gasteiger partial charge in [0.25, 0.3) is 0 Å². The molecule has 0 saturated carbocycles. The number of carbonyl (C=O) groups excluding carboxylic acids is 1. The normalized spacial score (nSPS) is 16.7. The quantitative estimate of drug-likeness (QED) is 0.752. The zero-order valence-electron chi connectivity index (χ0n) is 12.9. The van der Waals surface area contributed by atoms with E-state index in [4.69, 9.17) is 5.11 Å². The molecule has 5 heteroatoms. The molecule has 116 valence electrons. The first kappa shape index (κ1) is 15.9. The van der Waals surface area contributed by atoms with Gasteiger partial charge in [0, 0.05) is 38.5 Å². The maximum atomic E-state index is 12.5. The third-order valence-electron chi connectivity index (χ3n) is 4.08. The number of anilines is 1. The SMILES string of the molecule is CC(C)(C(=O)Nc1ccc(CCO)cc1)N1CCNCC1. The second-order valence-electron chi connectivity index (χ2n) is 5.92. The van der Waals surface area contributed by atoms with Crippen molar-refractivity contribution in [3.05, 3.63) is 29.8 Å². The molecule has 1 aromatic carbocycles. The fourth-order valence-electron chi connectivity index (χ4n) is 2.54. The molecule has 2 rings (SSSR count). The summed E-state index contributed by atoms with van der Waals surface area (Å²) in [6.07, 6.45) is 0.639. The lowest BCUT2D eigenvalue weighted by atomic mass is 10.00. The first-order chi connectivity index (χ1) is 10.0. The Morgan fingerprint density at radius 3 is 2.48 bits per heavy atom. The van der Waals surface area contributed by atoms with E-state index < -0.39 is 5.54 Å². The second-order valence-corrected chi connectivity index (χ2v) is 5.92. The summed E-state index contributed by atoms with van der Waals surface area (Å²) in [7, 11) is 0. The van der Waals surface area contributed by atoms with Gasteiger partial charge in [0.15, 0.2) is 0 Å². The molecule has 1 amide bonds. The number of piperazine rings is 1. The summed E-state index contributed by atoms with van der Waals surface area (Å²) in [5.41, 5.74) is 1.34. The number of amides is 1. The number of benzene rings is 1. The molecule has 5 nitrogen and oxygen atoms in total. The molecule has 0 aromatic heterocycles. The van der Waals surface area contributed by atoms with E-state index in [0.717, 1.165) is 37.4 Å². The third-order valence-corrected chi connectivity index (χ3v) is 4.08. The second kappa shape index (κ2) is 7.02. The molecule has 0 atom stereocenters. The molecular weight excluding hydrogens is 266 g/mol. The minimum absolute atomic E-state index is 0.0132. The Kier molecular flexibility index (Phi) is 5.33. The molecule has 21 heavy (non-hydrogen) atoms. The van der Waals surface area contributed by atoms with Crippen LogP contribution in [-0.2, 0) is 11.2 Å². The molecule has 0 bridgehead atoms. The number of hydrogen-bond acceptors (Lipinski definition) is 4. The maximum absolute atomic E-state index is 12.5. The predicted octanol–water partition coefficient (Wildman–Crippen LogP) is 0.844. The summed E-state index contributed by atoms with van der Waals surface area (Å²) < 4.78 is 0. The minimum atomic E-state index is -0.522. The molecule has 0 unspecified atom stereocenters. The zero-order valence-corrected chi connectivity index (χ0v) is 12.9. The Morgan fingerprint density at radius 1 is 1.29 bits per heavy atom. The first-order valence-corrected chi connectivity index (χ1v) is 7.51. The van der Waals surface area contributed by atoms with Crippen molar-refractivity contribution < 1.29 is 9.90 Å². The standard InChI is InChI=1S/C16H25N3O2/c1-16(2,19-10-8-17-9-11-19)15(21)18-14-5-3-13(4-6-14)7-12-20/h3-6,17,20H,7-12H2,1-2H3,(H,18,21). The van der Waals surface area contributed by atoms with Crippen molar-refractivity contribution in [2.45, 2.75) is 25.8 Å². The van der Waals surface area contributed by atoms with Gasteiger partial charge in [0.1, 0.15) is 0 Å². The van der Waals surface area contributed by atoms with Crippen molar-refractivity contribution in [2.75, 3.05) is 38.1 Å². The molecule has 0 aliphatic carbocycles. The summed E-state index contributed by atoms with van der Waals surface area (Å²) >= 11 is 0. The molecule has 3 N–H and O–H groups in total. The average molecular weight is 291 g/mol. The highest BCUT2D eigenvalue weighted by molar-refractivity contribution is 5.97. The van der Waals surface area contributed by atoms with Crippen LogP contribution in [0.1, 0.15) is 19.4 Å². The van der Waals surface area contributed by atoms with Gasteiger partial charge in [-0.3, -0.25) is 9.69 Å². The van der Waals surface area contributed by atoms with Crippen molar-refractivity contribution in [1.82, 2.24) is 10.2 Å². The van der Waals surface area contributed by atoms with Gasteiger partial charge in [-0.05, 0) is 38.0 Å². The number of aliphatic hydroxyl groups is 1. The predicted molar refractivity (Wildman–Crippen MR) is 84.4 cm³/mol. The van der Waals surface area contributed by atoms with E-state index >= 15 is 0 Å². The minimum Gasteiger partial charge on any atom is -0.396 e. The van der Waals surface area contributed by atoms with Crippen LogP contribution in [0.5, 0.6) is 0 Å². The van der Waals surface area contributed by atoms with Gasteiger partial charge < -0.3 is 15.7 Å². The largest absolute Gasteiger partial charge is 0.396 e. The number of carbonyl (C=O) groups is 1. The van der Waals surface area contributed by atoms with Crippen molar-refractivity contribution in [3.8, 4) is 0 Å². The van der Waals surface area contributed by atoms with Crippen LogP contribution in [0.2, 0.25) is 0 Å². The lowest BCUT2D eigenvalue weighted by molar-refractivity contribution is -0.126. The molecule has 1 aliphatic heterocycles. The number of hydrogen-bond donors (Lipinski definition) is 3. The lowest BCUT2D eigenvalue weighted by Crippen LogP contribution is -2.58. The fraction of sp³-hybridized carbons (Fsp3) is 0.562. The Bertz CT molecular complexity index is 465. The molecule has 1 aliphatic rings. The third kappa shape index (κ3) is 4.03. The molecule has 1 fully saturated rings. The first-order valence-electron chi connectivity index (χ1n) is 7.51. The van der Waals surface area contributed by atoms with E-state index in [1.165, 1.54) is 0 Å². The highest BCUT2D eigenvalue weighted by Gasteiger charge is 2.35.